The fourth-order valence-electron chi connectivity index (χ4n) is 3.48. The van der Waals surface area contributed by atoms with Gasteiger partial charge in [0.25, 0.3) is 11.8 Å². The van der Waals surface area contributed by atoms with Crippen LogP contribution in [-0.2, 0) is 4.79 Å². The van der Waals surface area contributed by atoms with Crippen molar-refractivity contribution in [1.29, 1.82) is 0 Å². The van der Waals surface area contributed by atoms with Crippen molar-refractivity contribution in [2.45, 2.75) is 19.8 Å². The molecule has 3 aromatic carbocycles. The van der Waals surface area contributed by atoms with E-state index >= 15 is 0 Å². The molecule has 1 fully saturated rings. The van der Waals surface area contributed by atoms with Gasteiger partial charge in [0.15, 0.2) is 4.32 Å². The first-order valence-corrected chi connectivity index (χ1v) is 12.1. The van der Waals surface area contributed by atoms with Crippen LogP contribution in [0, 0.1) is 0 Å². The van der Waals surface area contributed by atoms with Gasteiger partial charge in [-0.1, -0.05) is 55.4 Å². The number of carbonyl (C=O) groups is 2. The monoisotopic (exact) mass is 492 g/mol. The summed E-state index contributed by atoms with van der Waals surface area (Å²) in [5.74, 6) is 0.523. The Morgan fingerprint density at radius 3 is 2.62 bits per heavy atom. The Kier molecular flexibility index (Phi) is 7.49. The molecule has 8 heteroatoms. The Hall–Kier alpha value is -3.36. The van der Waals surface area contributed by atoms with Crippen molar-refractivity contribution >= 4 is 57.0 Å². The summed E-state index contributed by atoms with van der Waals surface area (Å²) in [4.78, 5) is 26.3. The molecule has 0 aromatic heterocycles. The quantitative estimate of drug-likeness (QED) is 0.252. The minimum Gasteiger partial charge on any atom is -0.497 e. The lowest BCUT2D eigenvalue weighted by molar-refractivity contribution is -0.123. The van der Waals surface area contributed by atoms with Crippen LogP contribution in [0.1, 0.15) is 35.7 Å². The molecule has 2 amide bonds. The maximum absolute atomic E-state index is 13.2. The summed E-state index contributed by atoms with van der Waals surface area (Å²) in [6.07, 6.45) is 3.75. The Morgan fingerprint density at radius 1 is 1.12 bits per heavy atom. The van der Waals surface area contributed by atoms with E-state index < -0.39 is 5.91 Å². The van der Waals surface area contributed by atoms with Crippen molar-refractivity contribution in [1.82, 2.24) is 10.4 Å². The summed E-state index contributed by atoms with van der Waals surface area (Å²) in [6, 6.07) is 18.5. The molecule has 3 aromatic rings. The number of amides is 2. The van der Waals surface area contributed by atoms with Crippen molar-refractivity contribution in [3.63, 3.8) is 0 Å². The van der Waals surface area contributed by atoms with Crippen molar-refractivity contribution in [2.75, 3.05) is 13.7 Å². The standard InChI is InChI=1S/C26H24N2O4S2/c1-3-4-15-32-22-14-11-17-7-5-6-8-20(17)21(22)16-23-25(30)28(26(33)34-23)27-24(29)18-9-12-19(31-2)13-10-18/h5-14,16H,3-4,15H2,1-2H3,(H,27,29)/b23-16-. The normalized spacial score (nSPS) is 14.6. The number of thioether (sulfide) groups is 1. The first-order chi connectivity index (χ1) is 16.5. The molecule has 0 spiro atoms. The second kappa shape index (κ2) is 10.7. The van der Waals surface area contributed by atoms with Crippen LogP contribution in [0.15, 0.2) is 65.6 Å². The lowest BCUT2D eigenvalue weighted by atomic mass is 10.0. The first-order valence-electron chi connectivity index (χ1n) is 10.9. The summed E-state index contributed by atoms with van der Waals surface area (Å²) < 4.78 is 11.4. The molecule has 1 heterocycles. The molecule has 0 aliphatic carbocycles. The number of rotatable bonds is 8. The van der Waals surface area contributed by atoms with E-state index in [0.29, 0.717) is 28.6 Å². The third kappa shape index (κ3) is 5.08. The van der Waals surface area contributed by atoms with Gasteiger partial charge >= 0.3 is 0 Å². The number of methoxy groups -OCH3 is 1. The molecule has 1 saturated heterocycles. The fourth-order valence-corrected chi connectivity index (χ4v) is 4.64. The van der Waals surface area contributed by atoms with Gasteiger partial charge in [0, 0.05) is 11.1 Å². The molecule has 1 N–H and O–H groups in total. The van der Waals surface area contributed by atoms with Crippen molar-refractivity contribution < 1.29 is 19.1 Å². The van der Waals surface area contributed by atoms with Gasteiger partial charge in [0.1, 0.15) is 11.5 Å². The molecule has 1 aliphatic heterocycles. The maximum atomic E-state index is 13.2. The predicted octanol–water partition coefficient (Wildman–Crippen LogP) is 5.57. The number of benzene rings is 3. The van der Waals surface area contributed by atoms with Crippen LogP contribution < -0.4 is 14.9 Å². The molecule has 0 radical (unpaired) electrons. The highest BCUT2D eigenvalue weighted by Gasteiger charge is 2.34. The van der Waals surface area contributed by atoms with E-state index in [1.165, 1.54) is 0 Å². The SMILES string of the molecule is CCCCOc1ccc2ccccc2c1/C=C1\SC(=S)N(NC(=O)c2ccc(OC)cc2)C1=O. The molecule has 0 saturated carbocycles. The van der Waals surface area contributed by atoms with Crippen LogP contribution >= 0.6 is 24.0 Å². The number of ether oxygens (including phenoxy) is 2. The Morgan fingerprint density at radius 2 is 1.88 bits per heavy atom. The van der Waals surface area contributed by atoms with Crippen LogP contribution in [0.2, 0.25) is 0 Å². The number of hydrazine groups is 1. The van der Waals surface area contributed by atoms with Crippen LogP contribution in [0.5, 0.6) is 11.5 Å². The van der Waals surface area contributed by atoms with E-state index in [2.05, 4.69) is 12.3 Å². The molecule has 174 valence electrons. The van der Waals surface area contributed by atoms with Gasteiger partial charge in [0.2, 0.25) is 0 Å². The fraction of sp³-hybridized carbons (Fsp3) is 0.192. The Balaban J connectivity index is 1.61. The molecule has 1 aliphatic rings. The number of thiocarbonyl (C=S) groups is 1. The molecule has 0 atom stereocenters. The van der Waals surface area contributed by atoms with Gasteiger partial charge in [0.05, 0.1) is 18.6 Å². The Bertz CT molecular complexity index is 1270. The number of hydrogen-bond acceptors (Lipinski definition) is 6. The third-order valence-corrected chi connectivity index (χ3v) is 6.62. The van der Waals surface area contributed by atoms with E-state index in [1.54, 1.807) is 37.5 Å². The Labute approximate surface area is 207 Å². The number of unbranched alkanes of at least 4 members (excludes halogenated alkanes) is 1. The van der Waals surface area contributed by atoms with E-state index in [9.17, 15) is 9.59 Å². The third-order valence-electron chi connectivity index (χ3n) is 5.32. The highest BCUT2D eigenvalue weighted by Crippen LogP contribution is 2.36. The van der Waals surface area contributed by atoms with Crippen molar-refractivity contribution in [3.8, 4) is 11.5 Å². The van der Waals surface area contributed by atoms with E-state index in [1.807, 2.05) is 36.4 Å². The zero-order chi connectivity index (χ0) is 24.1. The first kappa shape index (κ1) is 23.8. The zero-order valence-corrected chi connectivity index (χ0v) is 20.5. The van der Waals surface area contributed by atoms with Crippen molar-refractivity contribution in [3.05, 3.63) is 76.7 Å². The zero-order valence-electron chi connectivity index (χ0n) is 18.9. The number of hydrogen-bond donors (Lipinski definition) is 1. The number of nitrogens with zero attached hydrogens (tertiary/aromatic N) is 1. The summed E-state index contributed by atoms with van der Waals surface area (Å²) in [5.41, 5.74) is 3.82. The average Bonchev–Trinajstić information content (AvgIpc) is 3.12. The summed E-state index contributed by atoms with van der Waals surface area (Å²) >= 11 is 6.54. The average molecular weight is 493 g/mol. The smallest absolute Gasteiger partial charge is 0.285 e. The maximum Gasteiger partial charge on any atom is 0.285 e. The molecular formula is C26H24N2O4S2. The molecular weight excluding hydrogens is 468 g/mol. The summed E-state index contributed by atoms with van der Waals surface area (Å²) in [7, 11) is 1.55. The highest BCUT2D eigenvalue weighted by atomic mass is 32.2. The van der Waals surface area contributed by atoms with Gasteiger partial charge in [-0.15, -0.1) is 0 Å². The molecule has 0 unspecified atom stereocenters. The lowest BCUT2D eigenvalue weighted by Crippen LogP contribution is -2.44. The van der Waals surface area contributed by atoms with Gasteiger partial charge in [-0.05, 0) is 65.8 Å². The lowest BCUT2D eigenvalue weighted by Gasteiger charge is -2.16. The largest absolute Gasteiger partial charge is 0.497 e. The summed E-state index contributed by atoms with van der Waals surface area (Å²) in [6.45, 7) is 2.70. The topological polar surface area (TPSA) is 67.9 Å². The van der Waals surface area contributed by atoms with Crippen LogP contribution in [-0.4, -0.2) is 34.9 Å². The molecule has 0 bridgehead atoms. The van der Waals surface area contributed by atoms with Crippen LogP contribution in [0.4, 0.5) is 0 Å². The van der Waals surface area contributed by atoms with Crippen molar-refractivity contribution in [2.24, 2.45) is 0 Å². The second-order valence-corrected chi connectivity index (χ2v) is 9.26. The number of fused-ring (bicyclic) bond motifs is 1. The predicted molar refractivity (Wildman–Crippen MR) is 140 cm³/mol. The van der Waals surface area contributed by atoms with Gasteiger partial charge < -0.3 is 9.47 Å². The van der Waals surface area contributed by atoms with E-state index in [4.69, 9.17) is 21.7 Å². The van der Waals surface area contributed by atoms with Gasteiger partial charge in [-0.25, -0.2) is 0 Å². The van der Waals surface area contributed by atoms with E-state index in [-0.39, 0.29) is 10.2 Å². The van der Waals surface area contributed by atoms with Crippen LogP contribution in [0.25, 0.3) is 16.8 Å². The van der Waals surface area contributed by atoms with Gasteiger partial charge in [-0.3, -0.25) is 15.0 Å². The minimum absolute atomic E-state index is 0.256. The molecule has 34 heavy (non-hydrogen) atoms. The number of carbonyl (C=O) groups excluding carboxylic acids is 2. The molecule has 6 nitrogen and oxygen atoms in total. The van der Waals surface area contributed by atoms with Crippen LogP contribution in [0.3, 0.4) is 0 Å². The van der Waals surface area contributed by atoms with Gasteiger partial charge in [-0.2, -0.15) is 5.01 Å². The van der Waals surface area contributed by atoms with E-state index in [0.717, 1.165) is 45.9 Å². The summed E-state index contributed by atoms with van der Waals surface area (Å²) in [5, 5.41) is 3.13. The highest BCUT2D eigenvalue weighted by molar-refractivity contribution is 8.26. The number of nitrogens with one attached hydrogen (secondary N) is 1. The molecule has 4 rings (SSSR count). The minimum atomic E-state index is -0.436. The second-order valence-electron chi connectivity index (χ2n) is 7.59.